The van der Waals surface area contributed by atoms with E-state index >= 15 is 0 Å². The molecule has 4 atom stereocenters. The average molecular weight is 524 g/mol. The molecule has 0 radical (unpaired) electrons. The maximum absolute atomic E-state index is 11.5. The number of benzene rings is 1. The Morgan fingerprint density at radius 2 is 2.03 bits per heavy atom. The summed E-state index contributed by atoms with van der Waals surface area (Å²) in [5.41, 5.74) is 3.35. The number of thiocarbonyl (C=S) groups is 1. The van der Waals surface area contributed by atoms with Crippen LogP contribution in [-0.2, 0) is 27.5 Å². The molecule has 0 unspecified atom stereocenters. The maximum Gasteiger partial charge on any atom is 0.269 e. The van der Waals surface area contributed by atoms with Gasteiger partial charge in [0.15, 0.2) is 0 Å². The summed E-state index contributed by atoms with van der Waals surface area (Å²) in [6.07, 6.45) is 7.55. The molecule has 0 saturated heterocycles. The van der Waals surface area contributed by atoms with Crippen molar-refractivity contribution in [2.24, 2.45) is 5.92 Å². The lowest BCUT2D eigenvalue weighted by Crippen LogP contribution is -2.35. The summed E-state index contributed by atoms with van der Waals surface area (Å²) < 4.78 is 26.6. The van der Waals surface area contributed by atoms with Crippen LogP contribution >= 0.6 is 12.2 Å². The van der Waals surface area contributed by atoms with Gasteiger partial charge in [-0.2, -0.15) is 4.98 Å². The zero-order chi connectivity index (χ0) is 25.8. The van der Waals surface area contributed by atoms with Crippen LogP contribution in [0.15, 0.2) is 61.6 Å². The molecule has 11 heteroatoms. The number of fused-ring (bicyclic) bond motifs is 1. The maximum atomic E-state index is 11.5. The first kappa shape index (κ1) is 25.3. The average Bonchev–Trinajstić information content (AvgIpc) is 3.65. The van der Waals surface area contributed by atoms with Crippen LogP contribution in [0.3, 0.4) is 0 Å². The fourth-order valence-corrected chi connectivity index (χ4v) is 5.21. The lowest BCUT2D eigenvalue weighted by Gasteiger charge is -2.24. The fourth-order valence-electron chi connectivity index (χ4n) is 4.99. The van der Waals surface area contributed by atoms with Gasteiger partial charge in [-0.25, -0.2) is 9.97 Å². The number of imidazole rings is 1. The first-order valence-corrected chi connectivity index (χ1v) is 12.4. The van der Waals surface area contributed by atoms with Gasteiger partial charge in [-0.15, -0.1) is 0 Å². The molecule has 3 aromatic heterocycles. The van der Waals surface area contributed by atoms with Crippen molar-refractivity contribution >= 4 is 28.4 Å². The molecule has 1 aromatic carbocycles. The van der Waals surface area contributed by atoms with Crippen molar-refractivity contribution < 1.29 is 24.1 Å². The van der Waals surface area contributed by atoms with Crippen molar-refractivity contribution in [3.05, 3.63) is 72.7 Å². The highest BCUT2D eigenvalue weighted by atomic mass is 32.1. The molecule has 10 nitrogen and oxygen atoms in total. The minimum atomic E-state index is -0.841. The zero-order valence-corrected chi connectivity index (χ0v) is 21.5. The van der Waals surface area contributed by atoms with Gasteiger partial charge in [0.05, 0.1) is 31.9 Å². The first-order valence-electron chi connectivity index (χ1n) is 12.0. The van der Waals surface area contributed by atoms with Crippen molar-refractivity contribution in [3.8, 4) is 5.88 Å². The van der Waals surface area contributed by atoms with Crippen molar-refractivity contribution in [2.45, 2.75) is 37.9 Å². The second-order valence-electron chi connectivity index (χ2n) is 8.96. The first-order chi connectivity index (χ1) is 18.1. The Hall–Kier alpha value is -3.38. The number of hydrogen-bond donors (Lipinski definition) is 1. The molecule has 1 aliphatic carbocycles. The molecule has 4 aromatic rings. The number of ether oxygens (including phenoxy) is 4. The van der Waals surface area contributed by atoms with Gasteiger partial charge in [-0.05, 0) is 24.2 Å². The van der Waals surface area contributed by atoms with E-state index in [1.807, 2.05) is 41.1 Å². The molecular formula is C26H29N5O5S. The smallest absolute Gasteiger partial charge is 0.269 e. The van der Waals surface area contributed by atoms with E-state index in [0.29, 0.717) is 36.5 Å². The monoisotopic (exact) mass is 523 g/mol. The molecule has 1 N–H and O–H groups in total. The van der Waals surface area contributed by atoms with Crippen LogP contribution in [0.25, 0.3) is 11.0 Å². The van der Waals surface area contributed by atoms with Gasteiger partial charge in [-0.3, -0.25) is 4.57 Å². The third-order valence-electron chi connectivity index (χ3n) is 6.68. The molecule has 0 spiro atoms. The second kappa shape index (κ2) is 11.3. The molecule has 0 amide bonds. The van der Waals surface area contributed by atoms with E-state index in [1.54, 1.807) is 37.5 Å². The van der Waals surface area contributed by atoms with Crippen LogP contribution in [0.5, 0.6) is 5.88 Å². The number of aliphatic hydroxyl groups excluding tert-OH is 1. The second-order valence-corrected chi connectivity index (χ2v) is 9.31. The lowest BCUT2D eigenvalue weighted by molar-refractivity contribution is 0.00455. The normalized spacial score (nSPS) is 21.4. The number of methoxy groups -OCH3 is 2. The minimum absolute atomic E-state index is 0.0806. The van der Waals surface area contributed by atoms with Gasteiger partial charge in [-0.1, -0.05) is 30.3 Å². The highest BCUT2D eigenvalue weighted by Crippen LogP contribution is 2.44. The molecule has 1 aliphatic rings. The molecule has 1 saturated carbocycles. The Labute approximate surface area is 219 Å². The summed E-state index contributed by atoms with van der Waals surface area (Å²) >= 11 is 5.45. The predicted molar refractivity (Wildman–Crippen MR) is 139 cm³/mol. The third-order valence-corrected chi connectivity index (χ3v) is 6.99. The van der Waals surface area contributed by atoms with Crippen molar-refractivity contribution in [1.82, 2.24) is 24.1 Å². The Morgan fingerprint density at radius 1 is 1.19 bits per heavy atom. The van der Waals surface area contributed by atoms with Crippen molar-refractivity contribution in [3.63, 3.8) is 0 Å². The highest BCUT2D eigenvalue weighted by Gasteiger charge is 2.46. The van der Waals surface area contributed by atoms with Crippen LogP contribution in [0.1, 0.15) is 23.5 Å². The number of nitrogens with zero attached hydrogens (tertiary/aromatic N) is 5. The van der Waals surface area contributed by atoms with E-state index in [2.05, 4.69) is 15.0 Å². The summed E-state index contributed by atoms with van der Waals surface area (Å²) in [6.45, 7) is 1.14. The van der Waals surface area contributed by atoms with Crippen LogP contribution in [0.4, 0.5) is 0 Å². The van der Waals surface area contributed by atoms with Gasteiger partial charge in [0, 0.05) is 43.1 Å². The molecular weight excluding hydrogens is 494 g/mol. The molecule has 37 heavy (non-hydrogen) atoms. The third kappa shape index (κ3) is 5.21. The molecule has 1 fully saturated rings. The largest absolute Gasteiger partial charge is 0.479 e. The van der Waals surface area contributed by atoms with E-state index in [4.69, 9.17) is 31.2 Å². The summed E-state index contributed by atoms with van der Waals surface area (Å²) in [4.78, 5) is 12.9. The summed E-state index contributed by atoms with van der Waals surface area (Å²) in [5, 5.41) is 11.7. The SMILES string of the molecule is COC[C@H]1C[C@@H](c2cn(COCc3ccccc3)c3c(OC)ncnc23)[C@H](O)[C@@H]1OC(=S)n1ccnc1. The van der Waals surface area contributed by atoms with E-state index in [-0.39, 0.29) is 23.7 Å². The topological polar surface area (TPSA) is 106 Å². The number of aromatic nitrogens is 5. The van der Waals surface area contributed by atoms with E-state index in [1.165, 1.54) is 6.33 Å². The number of aliphatic hydroxyl groups is 1. The zero-order valence-electron chi connectivity index (χ0n) is 20.6. The molecule has 194 valence electrons. The number of rotatable bonds is 9. The lowest BCUT2D eigenvalue weighted by atomic mass is 9.96. The van der Waals surface area contributed by atoms with Gasteiger partial charge < -0.3 is 28.6 Å². The molecule has 0 aliphatic heterocycles. The van der Waals surface area contributed by atoms with Gasteiger partial charge >= 0.3 is 0 Å². The number of hydrogen-bond acceptors (Lipinski definition) is 9. The molecule has 0 bridgehead atoms. The van der Waals surface area contributed by atoms with Gasteiger partial charge in [0.2, 0.25) is 5.88 Å². The highest BCUT2D eigenvalue weighted by molar-refractivity contribution is 7.80. The quantitative estimate of drug-likeness (QED) is 0.331. The Bertz CT molecular complexity index is 1330. The fraction of sp³-hybridized carbons (Fsp3) is 0.385. The van der Waals surface area contributed by atoms with Crippen LogP contribution in [0, 0.1) is 5.92 Å². The standard InChI is InChI=1S/C26H29N5O5S/c1-33-13-18-10-19(23(32)24(18)36-26(37)30-9-8-27-15-30)20-11-31(16-35-12-17-6-4-3-5-7-17)22-21(20)28-14-29-25(22)34-2/h3-9,11,14-15,18-19,23-24,32H,10,12-13,16H2,1-2H3/t18-,19+,23+,24-/m1/s1. The molecule has 5 rings (SSSR count). The van der Waals surface area contributed by atoms with Crippen LogP contribution in [0.2, 0.25) is 0 Å². The van der Waals surface area contributed by atoms with Gasteiger partial charge in [0.1, 0.15) is 31.0 Å². The Kier molecular flexibility index (Phi) is 7.75. The van der Waals surface area contributed by atoms with Gasteiger partial charge in [0.25, 0.3) is 5.17 Å². The predicted octanol–water partition coefficient (Wildman–Crippen LogP) is 3.14. The minimum Gasteiger partial charge on any atom is -0.479 e. The van der Waals surface area contributed by atoms with Crippen LogP contribution < -0.4 is 4.74 Å². The summed E-state index contributed by atoms with van der Waals surface area (Å²) in [7, 11) is 3.21. The van der Waals surface area contributed by atoms with E-state index in [0.717, 1.165) is 11.1 Å². The Balaban J connectivity index is 1.43. The van der Waals surface area contributed by atoms with Crippen LogP contribution in [-0.4, -0.2) is 67.4 Å². The molecule has 3 heterocycles. The Morgan fingerprint density at radius 3 is 2.76 bits per heavy atom. The summed E-state index contributed by atoms with van der Waals surface area (Å²) in [5.74, 6) is 0.0886. The van der Waals surface area contributed by atoms with Crippen molar-refractivity contribution in [1.29, 1.82) is 0 Å². The summed E-state index contributed by atoms with van der Waals surface area (Å²) in [6, 6.07) is 9.96. The van der Waals surface area contributed by atoms with E-state index in [9.17, 15) is 5.11 Å². The van der Waals surface area contributed by atoms with Crippen molar-refractivity contribution in [2.75, 3.05) is 20.8 Å². The van der Waals surface area contributed by atoms with E-state index < -0.39 is 12.2 Å².